The molecule has 0 aliphatic carbocycles. The Morgan fingerprint density at radius 2 is 1.96 bits per heavy atom. The molecule has 0 spiro atoms. The van der Waals surface area contributed by atoms with Gasteiger partial charge in [-0.05, 0) is 53.7 Å². The summed E-state index contributed by atoms with van der Waals surface area (Å²) in [6.07, 6.45) is 0. The van der Waals surface area contributed by atoms with Gasteiger partial charge in [0.1, 0.15) is 5.75 Å². The number of nitrogens with one attached hydrogen (secondary N) is 1. The minimum Gasteiger partial charge on any atom is -0.494 e. The van der Waals surface area contributed by atoms with Crippen LogP contribution in [0, 0.1) is 0 Å². The van der Waals surface area contributed by atoms with Crippen LogP contribution < -0.4 is 10.1 Å². The first kappa shape index (κ1) is 16.9. The SMILES string of the molecule is CCOc1ccc(-n2nnnc2CNC(=O)c2ccccc2Cl)cc1. The molecule has 8 heteroatoms. The van der Waals surface area contributed by atoms with Gasteiger partial charge in [0.2, 0.25) is 0 Å². The van der Waals surface area contributed by atoms with Gasteiger partial charge in [-0.15, -0.1) is 5.10 Å². The average molecular weight is 358 g/mol. The first-order chi connectivity index (χ1) is 12.2. The Balaban J connectivity index is 1.72. The van der Waals surface area contributed by atoms with E-state index in [4.69, 9.17) is 16.3 Å². The third-order valence-corrected chi connectivity index (χ3v) is 3.78. The second kappa shape index (κ2) is 7.76. The van der Waals surface area contributed by atoms with Crippen molar-refractivity contribution in [1.82, 2.24) is 25.5 Å². The lowest BCUT2D eigenvalue weighted by Crippen LogP contribution is -2.25. The van der Waals surface area contributed by atoms with Crippen LogP contribution in [0.25, 0.3) is 5.69 Å². The van der Waals surface area contributed by atoms with Gasteiger partial charge in [0.15, 0.2) is 5.82 Å². The lowest BCUT2D eigenvalue weighted by molar-refractivity contribution is 0.0950. The number of ether oxygens (including phenoxy) is 1. The highest BCUT2D eigenvalue weighted by molar-refractivity contribution is 6.33. The molecule has 7 nitrogen and oxygen atoms in total. The van der Waals surface area contributed by atoms with Crippen molar-refractivity contribution >= 4 is 17.5 Å². The molecule has 0 unspecified atom stereocenters. The van der Waals surface area contributed by atoms with Crippen LogP contribution in [0.1, 0.15) is 23.1 Å². The maximum absolute atomic E-state index is 12.2. The summed E-state index contributed by atoms with van der Waals surface area (Å²) in [4.78, 5) is 12.2. The van der Waals surface area contributed by atoms with Crippen LogP contribution in [0.5, 0.6) is 5.75 Å². The Kier molecular flexibility index (Phi) is 5.25. The van der Waals surface area contributed by atoms with Crippen LogP contribution in [-0.2, 0) is 6.54 Å². The first-order valence-electron chi connectivity index (χ1n) is 7.72. The predicted octanol–water partition coefficient (Wildman–Crippen LogP) is 2.64. The molecule has 25 heavy (non-hydrogen) atoms. The van der Waals surface area contributed by atoms with Crippen molar-refractivity contribution in [3.8, 4) is 11.4 Å². The van der Waals surface area contributed by atoms with Gasteiger partial charge in [0.25, 0.3) is 5.91 Å². The van der Waals surface area contributed by atoms with Crippen molar-refractivity contribution in [2.75, 3.05) is 6.61 Å². The summed E-state index contributed by atoms with van der Waals surface area (Å²) in [7, 11) is 0. The quantitative estimate of drug-likeness (QED) is 0.733. The van der Waals surface area contributed by atoms with Crippen molar-refractivity contribution < 1.29 is 9.53 Å². The smallest absolute Gasteiger partial charge is 0.253 e. The lowest BCUT2D eigenvalue weighted by atomic mass is 10.2. The minimum absolute atomic E-state index is 0.171. The zero-order valence-corrected chi connectivity index (χ0v) is 14.3. The summed E-state index contributed by atoms with van der Waals surface area (Å²) in [5.74, 6) is 0.990. The monoisotopic (exact) mass is 357 g/mol. The molecule has 1 heterocycles. The van der Waals surface area contributed by atoms with Crippen molar-refractivity contribution in [3.63, 3.8) is 0 Å². The summed E-state index contributed by atoms with van der Waals surface area (Å²) in [6.45, 7) is 2.70. The molecule has 1 amide bonds. The molecule has 0 saturated carbocycles. The van der Waals surface area contributed by atoms with E-state index in [0.717, 1.165) is 11.4 Å². The maximum Gasteiger partial charge on any atom is 0.253 e. The Labute approximate surface area is 149 Å². The average Bonchev–Trinajstić information content (AvgIpc) is 3.09. The zero-order chi connectivity index (χ0) is 17.6. The van der Waals surface area contributed by atoms with Gasteiger partial charge in [-0.25, -0.2) is 0 Å². The van der Waals surface area contributed by atoms with Crippen LogP contribution in [-0.4, -0.2) is 32.7 Å². The van der Waals surface area contributed by atoms with Gasteiger partial charge >= 0.3 is 0 Å². The molecule has 0 radical (unpaired) electrons. The molecule has 128 valence electrons. The lowest BCUT2D eigenvalue weighted by Gasteiger charge is -2.08. The van der Waals surface area contributed by atoms with E-state index in [1.807, 2.05) is 31.2 Å². The second-order valence-corrected chi connectivity index (χ2v) is 5.50. The van der Waals surface area contributed by atoms with Gasteiger partial charge in [0, 0.05) is 0 Å². The molecule has 0 fully saturated rings. The highest BCUT2D eigenvalue weighted by Crippen LogP contribution is 2.16. The third kappa shape index (κ3) is 3.95. The van der Waals surface area contributed by atoms with E-state index in [1.165, 1.54) is 0 Å². The van der Waals surface area contributed by atoms with Crippen LogP contribution in [0.4, 0.5) is 0 Å². The highest BCUT2D eigenvalue weighted by Gasteiger charge is 2.13. The molecule has 3 aromatic rings. The second-order valence-electron chi connectivity index (χ2n) is 5.10. The molecule has 0 aliphatic heterocycles. The number of hydrogen-bond acceptors (Lipinski definition) is 5. The van der Waals surface area contributed by atoms with E-state index >= 15 is 0 Å². The van der Waals surface area contributed by atoms with Crippen molar-refractivity contribution in [1.29, 1.82) is 0 Å². The fourth-order valence-corrected chi connectivity index (χ4v) is 2.49. The van der Waals surface area contributed by atoms with Crippen molar-refractivity contribution in [3.05, 3.63) is 64.9 Å². The minimum atomic E-state index is -0.285. The van der Waals surface area contributed by atoms with Gasteiger partial charge in [-0.3, -0.25) is 4.79 Å². The zero-order valence-electron chi connectivity index (χ0n) is 13.5. The number of amides is 1. The summed E-state index contributed by atoms with van der Waals surface area (Å²) in [5.41, 5.74) is 1.18. The Hall–Kier alpha value is -2.93. The number of tetrazole rings is 1. The van der Waals surface area contributed by atoms with Crippen LogP contribution in [0.3, 0.4) is 0 Å². The molecule has 0 bridgehead atoms. The molecular formula is C17H16ClN5O2. The number of hydrogen-bond donors (Lipinski definition) is 1. The molecule has 1 N–H and O–H groups in total. The number of rotatable bonds is 6. The van der Waals surface area contributed by atoms with Gasteiger partial charge in [-0.2, -0.15) is 4.68 Å². The molecule has 0 atom stereocenters. The highest BCUT2D eigenvalue weighted by atomic mass is 35.5. The number of carbonyl (C=O) groups excluding carboxylic acids is 1. The number of aromatic nitrogens is 4. The Bertz CT molecular complexity index is 863. The number of nitrogens with zero attached hydrogens (tertiary/aromatic N) is 4. The molecule has 1 aromatic heterocycles. The standard InChI is InChI=1S/C17H16ClN5O2/c1-2-25-13-9-7-12(8-10-13)23-16(20-21-22-23)11-19-17(24)14-5-3-4-6-15(14)18/h3-10H,2,11H2,1H3,(H,19,24). The molecular weight excluding hydrogens is 342 g/mol. The fourth-order valence-electron chi connectivity index (χ4n) is 2.27. The van der Waals surface area contributed by atoms with Crippen molar-refractivity contribution in [2.45, 2.75) is 13.5 Å². The van der Waals surface area contributed by atoms with E-state index in [1.54, 1.807) is 28.9 Å². The van der Waals surface area contributed by atoms with E-state index in [0.29, 0.717) is 23.0 Å². The van der Waals surface area contributed by atoms with Crippen molar-refractivity contribution in [2.24, 2.45) is 0 Å². The van der Waals surface area contributed by atoms with Gasteiger partial charge < -0.3 is 10.1 Å². The summed E-state index contributed by atoms with van der Waals surface area (Å²) < 4.78 is 6.98. The van der Waals surface area contributed by atoms with Gasteiger partial charge in [0.05, 0.1) is 29.4 Å². The normalized spacial score (nSPS) is 10.5. The molecule has 2 aromatic carbocycles. The van der Waals surface area contributed by atoms with E-state index in [2.05, 4.69) is 20.8 Å². The molecule has 0 saturated heterocycles. The van der Waals surface area contributed by atoms with Crippen LogP contribution in [0.15, 0.2) is 48.5 Å². The summed E-state index contributed by atoms with van der Waals surface area (Å²) >= 11 is 6.03. The van der Waals surface area contributed by atoms with E-state index in [-0.39, 0.29) is 12.5 Å². The molecule has 3 rings (SSSR count). The van der Waals surface area contributed by atoms with Crippen LogP contribution in [0.2, 0.25) is 5.02 Å². The molecule has 0 aliphatic rings. The summed E-state index contributed by atoms with van der Waals surface area (Å²) in [5, 5.41) is 14.8. The largest absolute Gasteiger partial charge is 0.494 e. The first-order valence-corrected chi connectivity index (χ1v) is 8.10. The maximum atomic E-state index is 12.2. The number of carbonyl (C=O) groups is 1. The number of benzene rings is 2. The Morgan fingerprint density at radius 1 is 1.20 bits per heavy atom. The summed E-state index contributed by atoms with van der Waals surface area (Å²) in [6, 6.07) is 14.2. The van der Waals surface area contributed by atoms with E-state index in [9.17, 15) is 4.79 Å². The third-order valence-electron chi connectivity index (χ3n) is 3.45. The Morgan fingerprint density at radius 3 is 2.68 bits per heavy atom. The predicted molar refractivity (Wildman–Crippen MR) is 92.9 cm³/mol. The fraction of sp³-hybridized carbons (Fsp3) is 0.176. The topological polar surface area (TPSA) is 81.9 Å². The van der Waals surface area contributed by atoms with Crippen LogP contribution >= 0.6 is 11.6 Å². The van der Waals surface area contributed by atoms with Gasteiger partial charge in [-0.1, -0.05) is 23.7 Å². The van der Waals surface area contributed by atoms with E-state index < -0.39 is 0 Å². The number of halogens is 1.